The van der Waals surface area contributed by atoms with Gasteiger partial charge in [0.25, 0.3) is 0 Å². The molecule has 1 N–H and O–H groups in total. The highest BCUT2D eigenvalue weighted by atomic mass is 16.7. The van der Waals surface area contributed by atoms with E-state index in [1.165, 1.54) is 0 Å². The fourth-order valence-corrected chi connectivity index (χ4v) is 3.03. The Hall–Kier alpha value is -1.26. The van der Waals surface area contributed by atoms with Gasteiger partial charge in [-0.15, -0.1) is 0 Å². The smallest absolute Gasteiger partial charge is 0.196 e. The Labute approximate surface area is 120 Å². The van der Waals surface area contributed by atoms with Gasteiger partial charge in [0.2, 0.25) is 0 Å². The van der Waals surface area contributed by atoms with E-state index in [0.29, 0.717) is 5.75 Å². The number of rotatable bonds is 3. The first-order valence-electron chi connectivity index (χ1n) is 6.92. The number of methoxy groups -OCH3 is 2. The second kappa shape index (κ2) is 5.26. The fraction of sp³-hybridized carbons (Fsp3) is 0.625. The maximum atomic E-state index is 10.2. The van der Waals surface area contributed by atoms with Crippen molar-refractivity contribution in [3.8, 4) is 11.5 Å². The van der Waals surface area contributed by atoms with Crippen LogP contribution < -0.4 is 4.74 Å². The minimum atomic E-state index is -0.517. The molecule has 1 atom stereocenters. The van der Waals surface area contributed by atoms with Crippen LogP contribution in [0.2, 0.25) is 0 Å². The van der Waals surface area contributed by atoms with Crippen molar-refractivity contribution in [3.63, 3.8) is 0 Å². The molecule has 0 aliphatic carbocycles. The van der Waals surface area contributed by atoms with E-state index >= 15 is 0 Å². The van der Waals surface area contributed by atoms with Gasteiger partial charge in [-0.1, -0.05) is 0 Å². The molecule has 4 heteroatoms. The third-order valence-corrected chi connectivity index (χ3v) is 4.47. The van der Waals surface area contributed by atoms with Crippen molar-refractivity contribution in [2.45, 2.75) is 52.4 Å². The molecule has 1 aliphatic heterocycles. The van der Waals surface area contributed by atoms with E-state index in [1.54, 1.807) is 14.2 Å². The summed E-state index contributed by atoms with van der Waals surface area (Å²) < 4.78 is 17.0. The van der Waals surface area contributed by atoms with E-state index in [4.69, 9.17) is 14.2 Å². The summed E-state index contributed by atoms with van der Waals surface area (Å²) >= 11 is 0. The number of hydrogen-bond donors (Lipinski definition) is 1. The summed E-state index contributed by atoms with van der Waals surface area (Å²) in [6.45, 7) is 7.84. The Balaban J connectivity index is 2.50. The van der Waals surface area contributed by atoms with E-state index in [2.05, 4.69) is 0 Å². The second-order valence-corrected chi connectivity index (χ2v) is 5.75. The topological polar surface area (TPSA) is 47.9 Å². The molecule has 0 saturated carbocycles. The Bertz CT molecular complexity index is 520. The first-order valence-corrected chi connectivity index (χ1v) is 6.92. The maximum absolute atomic E-state index is 10.2. The van der Waals surface area contributed by atoms with Crippen LogP contribution in [0.4, 0.5) is 0 Å². The van der Waals surface area contributed by atoms with E-state index in [-0.39, 0.29) is 0 Å². The van der Waals surface area contributed by atoms with Crippen molar-refractivity contribution in [2.75, 3.05) is 14.2 Å². The van der Waals surface area contributed by atoms with Gasteiger partial charge in [0.15, 0.2) is 11.9 Å². The molecule has 1 aromatic rings. The quantitative estimate of drug-likeness (QED) is 0.865. The van der Waals surface area contributed by atoms with E-state index in [9.17, 15) is 5.11 Å². The highest BCUT2D eigenvalue weighted by Crippen LogP contribution is 2.44. The normalized spacial score (nSPS) is 21.8. The molecule has 1 heterocycles. The number of benzene rings is 1. The third kappa shape index (κ3) is 2.17. The number of hydrogen-bond acceptors (Lipinski definition) is 4. The summed E-state index contributed by atoms with van der Waals surface area (Å²) in [6, 6.07) is 0. The van der Waals surface area contributed by atoms with Crippen LogP contribution >= 0.6 is 0 Å². The molecule has 2 rings (SSSR count). The molecule has 0 aromatic heterocycles. The third-order valence-electron chi connectivity index (χ3n) is 4.47. The maximum Gasteiger partial charge on any atom is 0.196 e. The lowest BCUT2D eigenvalue weighted by atomic mass is 9.87. The van der Waals surface area contributed by atoms with Gasteiger partial charge in [0.1, 0.15) is 11.5 Å². The molecule has 0 bridgehead atoms. The number of ether oxygens (including phenoxy) is 3. The number of aromatic hydroxyl groups is 1. The number of phenolic OH excluding ortho intramolecular Hbond substituents is 1. The van der Waals surface area contributed by atoms with Crippen LogP contribution in [0.5, 0.6) is 11.5 Å². The summed E-state index contributed by atoms with van der Waals surface area (Å²) in [5.41, 5.74) is 3.35. The van der Waals surface area contributed by atoms with E-state index in [0.717, 1.165) is 40.8 Å². The Morgan fingerprint density at radius 3 is 2.25 bits per heavy atom. The van der Waals surface area contributed by atoms with Crippen LogP contribution in [-0.2, 0) is 15.9 Å². The molecule has 0 spiro atoms. The summed E-state index contributed by atoms with van der Waals surface area (Å²) in [7, 11) is 3.25. The molecule has 4 nitrogen and oxygen atoms in total. The van der Waals surface area contributed by atoms with Crippen molar-refractivity contribution in [2.24, 2.45) is 0 Å². The predicted molar refractivity (Wildman–Crippen MR) is 77.5 cm³/mol. The van der Waals surface area contributed by atoms with Crippen molar-refractivity contribution in [1.29, 1.82) is 0 Å². The van der Waals surface area contributed by atoms with E-state index in [1.807, 2.05) is 27.7 Å². The average Bonchev–Trinajstić information content (AvgIpc) is 2.44. The lowest BCUT2D eigenvalue weighted by Gasteiger charge is -2.41. The van der Waals surface area contributed by atoms with Gasteiger partial charge >= 0.3 is 0 Å². The zero-order valence-corrected chi connectivity index (χ0v) is 13.2. The Morgan fingerprint density at radius 1 is 1.10 bits per heavy atom. The van der Waals surface area contributed by atoms with Gasteiger partial charge < -0.3 is 19.3 Å². The number of fused-ring (bicyclic) bond motifs is 1. The standard InChI is InChI=1S/C16H24O4/c1-9-10(2)14-12(11(3)13(9)17)7-8-16(4,20-14)15(18-5)19-6/h15,17H,7-8H2,1-6H3. The summed E-state index contributed by atoms with van der Waals surface area (Å²) in [5, 5.41) is 10.2. The molecule has 0 radical (unpaired) electrons. The van der Waals surface area contributed by atoms with Gasteiger partial charge in [0, 0.05) is 19.8 Å². The largest absolute Gasteiger partial charge is 0.507 e. The molecule has 0 saturated heterocycles. The highest BCUT2D eigenvalue weighted by Gasteiger charge is 2.41. The molecule has 1 aromatic carbocycles. The lowest BCUT2D eigenvalue weighted by molar-refractivity contribution is -0.202. The molecular formula is C16H24O4. The van der Waals surface area contributed by atoms with Crippen LogP contribution in [0, 0.1) is 20.8 Å². The van der Waals surface area contributed by atoms with Crippen LogP contribution in [0.15, 0.2) is 0 Å². The second-order valence-electron chi connectivity index (χ2n) is 5.75. The number of phenols is 1. The zero-order valence-electron chi connectivity index (χ0n) is 13.2. The van der Waals surface area contributed by atoms with Gasteiger partial charge in [-0.05, 0) is 57.2 Å². The van der Waals surface area contributed by atoms with E-state index < -0.39 is 11.9 Å². The fourth-order valence-electron chi connectivity index (χ4n) is 3.03. The summed E-state index contributed by atoms with van der Waals surface area (Å²) in [6.07, 6.45) is 1.22. The molecule has 1 aliphatic rings. The van der Waals surface area contributed by atoms with Crippen molar-refractivity contribution < 1.29 is 19.3 Å². The predicted octanol–water partition coefficient (Wildman–Crippen LogP) is 3.02. The molecule has 20 heavy (non-hydrogen) atoms. The monoisotopic (exact) mass is 280 g/mol. The minimum Gasteiger partial charge on any atom is -0.507 e. The van der Waals surface area contributed by atoms with Crippen LogP contribution in [0.3, 0.4) is 0 Å². The molecule has 112 valence electrons. The lowest BCUT2D eigenvalue weighted by Crippen LogP contribution is -2.49. The van der Waals surface area contributed by atoms with Crippen molar-refractivity contribution >= 4 is 0 Å². The molecule has 0 amide bonds. The van der Waals surface area contributed by atoms with Gasteiger partial charge in [-0.2, -0.15) is 0 Å². The summed E-state index contributed by atoms with van der Waals surface area (Å²) in [4.78, 5) is 0. The van der Waals surface area contributed by atoms with Crippen LogP contribution in [-0.4, -0.2) is 31.2 Å². The Kier molecular flexibility index (Phi) is 3.98. The van der Waals surface area contributed by atoms with Crippen LogP contribution in [0.25, 0.3) is 0 Å². The van der Waals surface area contributed by atoms with Gasteiger partial charge in [0.05, 0.1) is 0 Å². The van der Waals surface area contributed by atoms with Gasteiger partial charge in [-0.3, -0.25) is 0 Å². The Morgan fingerprint density at radius 2 is 1.70 bits per heavy atom. The van der Waals surface area contributed by atoms with Crippen LogP contribution in [0.1, 0.15) is 35.6 Å². The first kappa shape index (κ1) is 15.1. The zero-order chi connectivity index (χ0) is 15.1. The van der Waals surface area contributed by atoms with Crippen molar-refractivity contribution in [3.05, 3.63) is 22.3 Å². The first-order chi connectivity index (χ1) is 9.35. The van der Waals surface area contributed by atoms with Crippen molar-refractivity contribution in [1.82, 2.24) is 0 Å². The minimum absolute atomic E-state index is 0.378. The van der Waals surface area contributed by atoms with Gasteiger partial charge in [-0.25, -0.2) is 0 Å². The summed E-state index contributed by atoms with van der Waals surface area (Å²) in [5.74, 6) is 1.24. The molecule has 0 fully saturated rings. The average molecular weight is 280 g/mol. The molecule has 1 unspecified atom stereocenters. The molecular weight excluding hydrogens is 256 g/mol. The highest BCUT2D eigenvalue weighted by molar-refractivity contribution is 5.58. The SMILES string of the molecule is COC(OC)C1(C)CCc2c(C)c(O)c(C)c(C)c2O1.